The van der Waals surface area contributed by atoms with Crippen LogP contribution in [-0.4, -0.2) is 55.7 Å². The van der Waals surface area contributed by atoms with Gasteiger partial charge < -0.3 is 24.2 Å². The smallest absolute Gasteiger partial charge is 0.295 e. The fourth-order valence-electron chi connectivity index (χ4n) is 3.55. The van der Waals surface area contributed by atoms with Crippen LogP contribution in [-0.2, 0) is 14.3 Å². The summed E-state index contributed by atoms with van der Waals surface area (Å²) in [5.41, 5.74) is 1.05. The van der Waals surface area contributed by atoms with Crippen LogP contribution in [0.5, 0.6) is 11.5 Å². The first-order chi connectivity index (χ1) is 14.5. The summed E-state index contributed by atoms with van der Waals surface area (Å²) in [6.45, 7) is 2.85. The number of likely N-dealkylation sites (tertiary alicyclic amines) is 1. The van der Waals surface area contributed by atoms with Crippen LogP contribution in [0.15, 0.2) is 54.1 Å². The number of para-hydroxylation sites is 1. The Labute approximate surface area is 175 Å². The van der Waals surface area contributed by atoms with E-state index >= 15 is 0 Å². The van der Waals surface area contributed by atoms with Crippen molar-refractivity contribution in [2.24, 2.45) is 0 Å². The van der Waals surface area contributed by atoms with Gasteiger partial charge in [-0.05, 0) is 37.3 Å². The Bertz CT molecular complexity index is 950. The molecule has 0 aromatic heterocycles. The van der Waals surface area contributed by atoms with Crippen molar-refractivity contribution in [3.05, 3.63) is 65.2 Å². The third-order valence-corrected chi connectivity index (χ3v) is 4.95. The number of aliphatic hydroxyl groups is 1. The summed E-state index contributed by atoms with van der Waals surface area (Å²) in [5.74, 6) is -0.503. The molecule has 30 heavy (non-hydrogen) atoms. The molecule has 3 rings (SSSR count). The molecule has 1 aliphatic heterocycles. The number of carbonyl (C=O) groups is 2. The maximum absolute atomic E-state index is 12.9. The number of methoxy groups -OCH3 is 2. The van der Waals surface area contributed by atoms with Gasteiger partial charge in [0.15, 0.2) is 0 Å². The molecule has 1 unspecified atom stereocenters. The van der Waals surface area contributed by atoms with E-state index < -0.39 is 17.7 Å². The maximum atomic E-state index is 12.9. The van der Waals surface area contributed by atoms with Crippen LogP contribution >= 0.6 is 0 Å². The van der Waals surface area contributed by atoms with Crippen LogP contribution in [0.1, 0.15) is 24.1 Å². The highest BCUT2D eigenvalue weighted by Gasteiger charge is 2.46. The Balaban J connectivity index is 2.14. The molecule has 2 aromatic carbocycles. The number of ketones is 1. The quantitative estimate of drug-likeness (QED) is 0.408. The molecule has 0 bridgehead atoms. The zero-order valence-electron chi connectivity index (χ0n) is 17.3. The zero-order valence-corrected chi connectivity index (χ0v) is 17.3. The predicted molar refractivity (Wildman–Crippen MR) is 111 cm³/mol. The maximum Gasteiger partial charge on any atom is 0.295 e. The molecule has 1 heterocycles. The van der Waals surface area contributed by atoms with Gasteiger partial charge >= 0.3 is 0 Å². The van der Waals surface area contributed by atoms with Gasteiger partial charge in [-0.3, -0.25) is 9.59 Å². The Kier molecular flexibility index (Phi) is 6.74. The van der Waals surface area contributed by atoms with Gasteiger partial charge in [-0.2, -0.15) is 0 Å². The zero-order chi connectivity index (χ0) is 21.7. The molecular formula is C23H25NO6. The first kappa shape index (κ1) is 21.4. The van der Waals surface area contributed by atoms with Gasteiger partial charge in [-0.15, -0.1) is 0 Å². The molecule has 0 saturated carbocycles. The second-order valence-corrected chi connectivity index (χ2v) is 6.68. The molecule has 7 nitrogen and oxygen atoms in total. The van der Waals surface area contributed by atoms with Gasteiger partial charge in [0.25, 0.3) is 11.7 Å². The van der Waals surface area contributed by atoms with E-state index in [0.717, 1.165) is 0 Å². The molecule has 1 fully saturated rings. The van der Waals surface area contributed by atoms with Crippen molar-refractivity contribution in [1.82, 2.24) is 4.90 Å². The molecule has 7 heteroatoms. The minimum atomic E-state index is -0.789. The van der Waals surface area contributed by atoms with Crippen LogP contribution in [0.2, 0.25) is 0 Å². The summed E-state index contributed by atoms with van der Waals surface area (Å²) in [7, 11) is 3.04. The van der Waals surface area contributed by atoms with Crippen molar-refractivity contribution in [2.75, 3.05) is 34.0 Å². The molecule has 1 N–H and O–H groups in total. The Morgan fingerprint density at radius 3 is 2.40 bits per heavy atom. The summed E-state index contributed by atoms with van der Waals surface area (Å²) in [6, 6.07) is 13.1. The average Bonchev–Trinajstić information content (AvgIpc) is 3.02. The fourth-order valence-corrected chi connectivity index (χ4v) is 3.55. The van der Waals surface area contributed by atoms with E-state index in [9.17, 15) is 14.7 Å². The van der Waals surface area contributed by atoms with Crippen molar-refractivity contribution < 1.29 is 28.9 Å². The van der Waals surface area contributed by atoms with E-state index in [1.54, 1.807) is 48.5 Å². The highest BCUT2D eigenvalue weighted by Crippen LogP contribution is 2.42. The summed E-state index contributed by atoms with van der Waals surface area (Å²) in [6.07, 6.45) is 0. The van der Waals surface area contributed by atoms with Crippen LogP contribution in [0, 0.1) is 0 Å². The minimum Gasteiger partial charge on any atom is -0.507 e. The van der Waals surface area contributed by atoms with E-state index in [-0.39, 0.29) is 24.5 Å². The van der Waals surface area contributed by atoms with Gasteiger partial charge in [0, 0.05) is 24.8 Å². The third kappa shape index (κ3) is 4.02. The number of nitrogens with zero attached hydrogens (tertiary/aromatic N) is 1. The van der Waals surface area contributed by atoms with Crippen molar-refractivity contribution in [1.29, 1.82) is 0 Å². The lowest BCUT2D eigenvalue weighted by atomic mass is 9.94. The molecule has 1 aliphatic rings. The molecule has 2 aromatic rings. The van der Waals surface area contributed by atoms with E-state index in [4.69, 9.17) is 14.2 Å². The van der Waals surface area contributed by atoms with Crippen molar-refractivity contribution in [3.63, 3.8) is 0 Å². The highest BCUT2D eigenvalue weighted by molar-refractivity contribution is 6.46. The molecule has 158 valence electrons. The van der Waals surface area contributed by atoms with E-state index in [2.05, 4.69) is 0 Å². The predicted octanol–water partition coefficient (Wildman–Crippen LogP) is 3.16. The molecule has 0 aliphatic carbocycles. The topological polar surface area (TPSA) is 85.3 Å². The lowest BCUT2D eigenvalue weighted by molar-refractivity contribution is -0.140. The number of hydrogen-bond acceptors (Lipinski definition) is 6. The second-order valence-electron chi connectivity index (χ2n) is 6.68. The van der Waals surface area contributed by atoms with E-state index in [0.29, 0.717) is 29.2 Å². The van der Waals surface area contributed by atoms with E-state index in [1.165, 1.54) is 19.1 Å². The average molecular weight is 411 g/mol. The van der Waals surface area contributed by atoms with Crippen LogP contribution in [0.3, 0.4) is 0 Å². The number of hydrogen-bond donors (Lipinski definition) is 1. The number of carbonyl (C=O) groups excluding carboxylic acids is 2. The number of benzene rings is 2. The number of amides is 1. The van der Waals surface area contributed by atoms with Crippen molar-refractivity contribution in [3.8, 4) is 11.5 Å². The van der Waals surface area contributed by atoms with Crippen LogP contribution in [0.4, 0.5) is 0 Å². The molecule has 0 radical (unpaired) electrons. The highest BCUT2D eigenvalue weighted by atomic mass is 16.5. The van der Waals surface area contributed by atoms with Gasteiger partial charge in [-0.1, -0.05) is 18.2 Å². The fraction of sp³-hybridized carbons (Fsp3) is 0.304. The molecule has 1 saturated heterocycles. The van der Waals surface area contributed by atoms with Crippen molar-refractivity contribution >= 4 is 17.4 Å². The molecule has 0 spiro atoms. The monoisotopic (exact) mass is 411 g/mol. The van der Waals surface area contributed by atoms with Crippen LogP contribution < -0.4 is 9.47 Å². The molecule has 1 atom stereocenters. The Hall–Kier alpha value is -3.32. The number of rotatable bonds is 8. The largest absolute Gasteiger partial charge is 0.507 e. The SMILES string of the molecule is CCOc1ccc(/C(O)=C2/C(=O)C(=O)N(CCOC)C2c2ccccc2OC)cc1. The van der Waals surface area contributed by atoms with E-state index in [1.807, 2.05) is 6.92 Å². The summed E-state index contributed by atoms with van der Waals surface area (Å²) >= 11 is 0. The minimum absolute atomic E-state index is 0.0183. The summed E-state index contributed by atoms with van der Waals surface area (Å²) < 4.78 is 16.0. The van der Waals surface area contributed by atoms with Gasteiger partial charge in [0.1, 0.15) is 17.3 Å². The lowest BCUT2D eigenvalue weighted by Crippen LogP contribution is -2.32. The van der Waals surface area contributed by atoms with Crippen LogP contribution in [0.25, 0.3) is 5.76 Å². The van der Waals surface area contributed by atoms with Crippen molar-refractivity contribution in [2.45, 2.75) is 13.0 Å². The molecule has 1 amide bonds. The third-order valence-electron chi connectivity index (χ3n) is 4.95. The Morgan fingerprint density at radius 1 is 1.07 bits per heavy atom. The Morgan fingerprint density at radius 2 is 1.77 bits per heavy atom. The summed E-state index contributed by atoms with van der Waals surface area (Å²) in [5, 5.41) is 11.0. The van der Waals surface area contributed by atoms with Gasteiger partial charge in [0.05, 0.1) is 31.9 Å². The standard InChI is InChI=1S/C23H25NO6/c1-4-30-16-11-9-15(10-12-16)21(25)19-20(17-7-5-6-8-18(17)29-3)24(13-14-28-2)23(27)22(19)26/h5-12,20,25H,4,13-14H2,1-3H3/b21-19-. The first-order valence-electron chi connectivity index (χ1n) is 9.67. The summed E-state index contributed by atoms with van der Waals surface area (Å²) in [4.78, 5) is 27.1. The normalized spacial score (nSPS) is 18.0. The number of ether oxygens (including phenoxy) is 3. The van der Waals surface area contributed by atoms with Gasteiger partial charge in [0.2, 0.25) is 0 Å². The van der Waals surface area contributed by atoms with Gasteiger partial charge in [-0.25, -0.2) is 0 Å². The molecular weight excluding hydrogens is 386 g/mol. The number of aliphatic hydroxyl groups excluding tert-OH is 1. The lowest BCUT2D eigenvalue weighted by Gasteiger charge is -2.26. The first-order valence-corrected chi connectivity index (χ1v) is 9.67. The number of Topliss-reactive ketones (excluding diaryl/α,β-unsaturated/α-hetero) is 1. The second kappa shape index (κ2) is 9.45.